The van der Waals surface area contributed by atoms with Gasteiger partial charge >= 0.3 is 11.9 Å². The average molecular weight is 354 g/mol. The molecule has 1 atom stereocenters. The van der Waals surface area contributed by atoms with Gasteiger partial charge in [0.25, 0.3) is 0 Å². The summed E-state index contributed by atoms with van der Waals surface area (Å²) in [6.07, 6.45) is 5.57. The minimum absolute atomic E-state index is 0.101. The highest BCUT2D eigenvalue weighted by atomic mass is 79.9. The minimum atomic E-state index is -0.531. The summed E-state index contributed by atoms with van der Waals surface area (Å²) in [4.78, 5) is 24.5. The molecule has 0 heterocycles. The first-order chi connectivity index (χ1) is 10.0. The van der Waals surface area contributed by atoms with Crippen LogP contribution in [0, 0.1) is 12.3 Å². The molecule has 1 aromatic carbocycles. The van der Waals surface area contributed by atoms with Crippen molar-refractivity contribution in [1.82, 2.24) is 4.90 Å². The molecule has 21 heavy (non-hydrogen) atoms. The number of hydrogen-bond donors (Lipinski definition) is 0. The van der Waals surface area contributed by atoms with Gasteiger partial charge in [0.1, 0.15) is 0 Å². The van der Waals surface area contributed by atoms with Crippen molar-refractivity contribution >= 4 is 27.9 Å². The van der Waals surface area contributed by atoms with Crippen molar-refractivity contribution in [3.8, 4) is 12.3 Å². The van der Waals surface area contributed by atoms with Gasteiger partial charge in [-0.2, -0.15) is 0 Å². The average Bonchev–Trinajstić information content (AvgIpc) is 2.49. The fourth-order valence-electron chi connectivity index (χ4n) is 1.76. The van der Waals surface area contributed by atoms with E-state index in [1.54, 1.807) is 0 Å². The van der Waals surface area contributed by atoms with Crippen LogP contribution in [0.5, 0.6) is 0 Å². The van der Waals surface area contributed by atoms with E-state index in [1.165, 1.54) is 19.1 Å². The van der Waals surface area contributed by atoms with Crippen LogP contribution < -0.4 is 0 Å². The SMILES string of the molecule is C#C[C@H](c1ccc(Br)cc1)N(CC(=O)OC)CC(=O)OC. The fourth-order valence-corrected chi connectivity index (χ4v) is 2.02. The third kappa shape index (κ3) is 5.21. The second kappa shape index (κ2) is 8.45. The van der Waals surface area contributed by atoms with Crippen LogP contribution in [0.15, 0.2) is 28.7 Å². The van der Waals surface area contributed by atoms with Crippen molar-refractivity contribution in [3.05, 3.63) is 34.3 Å². The van der Waals surface area contributed by atoms with E-state index in [4.69, 9.17) is 6.42 Å². The molecule has 0 spiro atoms. The number of halogens is 1. The standard InChI is InChI=1S/C15H16BrNO4/c1-4-13(11-5-7-12(16)8-6-11)17(9-14(18)20-2)10-15(19)21-3/h1,5-8,13H,9-10H2,2-3H3/t13-/m1/s1. The van der Waals surface area contributed by atoms with Crippen LogP contribution in [0.4, 0.5) is 0 Å². The summed E-state index contributed by atoms with van der Waals surface area (Å²) in [6.45, 7) is -0.201. The predicted molar refractivity (Wildman–Crippen MR) is 81.3 cm³/mol. The van der Waals surface area contributed by atoms with Crippen LogP contribution in [0.3, 0.4) is 0 Å². The highest BCUT2D eigenvalue weighted by Crippen LogP contribution is 2.22. The lowest BCUT2D eigenvalue weighted by atomic mass is 10.1. The van der Waals surface area contributed by atoms with E-state index in [0.717, 1.165) is 10.0 Å². The Hall–Kier alpha value is -1.84. The van der Waals surface area contributed by atoms with Gasteiger partial charge in [-0.3, -0.25) is 14.5 Å². The monoisotopic (exact) mass is 353 g/mol. The van der Waals surface area contributed by atoms with E-state index >= 15 is 0 Å². The summed E-state index contributed by atoms with van der Waals surface area (Å²) >= 11 is 3.34. The Balaban J connectivity index is 3.01. The molecule has 0 saturated heterocycles. The maximum absolute atomic E-state index is 11.5. The number of hydrogen-bond acceptors (Lipinski definition) is 5. The van der Waals surface area contributed by atoms with Gasteiger partial charge in [-0.15, -0.1) is 6.42 Å². The molecule has 0 bridgehead atoms. The van der Waals surface area contributed by atoms with Gasteiger partial charge in [-0.25, -0.2) is 0 Å². The summed E-state index contributed by atoms with van der Waals surface area (Å²) in [5, 5.41) is 0. The summed E-state index contributed by atoms with van der Waals surface area (Å²) in [5.74, 6) is 1.64. The van der Waals surface area contributed by atoms with Gasteiger partial charge in [0.2, 0.25) is 0 Å². The number of benzene rings is 1. The van der Waals surface area contributed by atoms with Gasteiger partial charge in [-0.05, 0) is 17.7 Å². The Bertz CT molecular complexity index is 518. The lowest BCUT2D eigenvalue weighted by Gasteiger charge is -2.26. The molecule has 0 amide bonds. The molecule has 1 aromatic rings. The quantitative estimate of drug-likeness (QED) is 0.576. The maximum Gasteiger partial charge on any atom is 0.319 e. The normalized spacial score (nSPS) is 11.6. The number of carbonyl (C=O) groups excluding carboxylic acids is 2. The van der Waals surface area contributed by atoms with Crippen LogP contribution in [0.1, 0.15) is 11.6 Å². The Labute approximate surface area is 132 Å². The van der Waals surface area contributed by atoms with Crippen molar-refractivity contribution < 1.29 is 19.1 Å². The first-order valence-corrected chi connectivity index (χ1v) is 6.90. The molecule has 6 heteroatoms. The summed E-state index contributed by atoms with van der Waals surface area (Å²) < 4.78 is 10.2. The van der Waals surface area contributed by atoms with E-state index < -0.39 is 18.0 Å². The van der Waals surface area contributed by atoms with Crippen molar-refractivity contribution in [1.29, 1.82) is 0 Å². The van der Waals surface area contributed by atoms with E-state index in [1.807, 2.05) is 24.3 Å². The zero-order valence-electron chi connectivity index (χ0n) is 11.8. The molecule has 0 unspecified atom stereocenters. The number of ether oxygens (including phenoxy) is 2. The zero-order chi connectivity index (χ0) is 15.8. The van der Waals surface area contributed by atoms with E-state index in [2.05, 4.69) is 31.3 Å². The largest absolute Gasteiger partial charge is 0.468 e. The third-order valence-electron chi connectivity index (χ3n) is 2.83. The number of terminal acetylenes is 1. The first kappa shape index (κ1) is 17.2. The first-order valence-electron chi connectivity index (χ1n) is 6.11. The number of rotatable bonds is 6. The molecule has 112 valence electrons. The molecule has 1 rings (SSSR count). The van der Waals surface area contributed by atoms with Gasteiger partial charge in [0, 0.05) is 4.47 Å². The Kier molecular flexibility index (Phi) is 6.92. The van der Waals surface area contributed by atoms with E-state index in [0.29, 0.717) is 0 Å². The molecule has 0 radical (unpaired) electrons. The molecule has 0 fully saturated rings. The highest BCUT2D eigenvalue weighted by Gasteiger charge is 2.24. The zero-order valence-corrected chi connectivity index (χ0v) is 13.4. The van der Waals surface area contributed by atoms with E-state index in [9.17, 15) is 9.59 Å². The van der Waals surface area contributed by atoms with Crippen LogP contribution in [-0.4, -0.2) is 44.1 Å². The Morgan fingerprint density at radius 1 is 1.19 bits per heavy atom. The van der Waals surface area contributed by atoms with Gasteiger partial charge in [0.15, 0.2) is 0 Å². The summed E-state index contributed by atoms with van der Waals surface area (Å²) in [7, 11) is 2.56. The lowest BCUT2D eigenvalue weighted by Crippen LogP contribution is -2.38. The van der Waals surface area contributed by atoms with Gasteiger partial charge < -0.3 is 9.47 Å². The number of carbonyl (C=O) groups is 2. The van der Waals surface area contributed by atoms with E-state index in [-0.39, 0.29) is 13.1 Å². The molecule has 0 aliphatic rings. The smallest absolute Gasteiger partial charge is 0.319 e. The summed E-state index contributed by atoms with van der Waals surface area (Å²) in [6, 6.07) is 6.81. The molecule has 0 saturated carbocycles. The summed E-state index contributed by atoms with van der Waals surface area (Å²) in [5.41, 5.74) is 0.800. The van der Waals surface area contributed by atoms with Crippen molar-refractivity contribution in [2.75, 3.05) is 27.3 Å². The number of methoxy groups -OCH3 is 2. The second-order valence-corrected chi connectivity index (χ2v) is 5.09. The molecular formula is C15H16BrNO4. The lowest BCUT2D eigenvalue weighted by molar-refractivity contribution is -0.146. The number of nitrogens with zero attached hydrogens (tertiary/aromatic N) is 1. The molecule has 0 N–H and O–H groups in total. The van der Waals surface area contributed by atoms with Crippen LogP contribution >= 0.6 is 15.9 Å². The Morgan fingerprint density at radius 3 is 2.05 bits per heavy atom. The third-order valence-corrected chi connectivity index (χ3v) is 3.36. The Morgan fingerprint density at radius 2 is 1.67 bits per heavy atom. The van der Waals surface area contributed by atoms with Crippen LogP contribution in [0.2, 0.25) is 0 Å². The molecule has 0 aliphatic carbocycles. The number of esters is 2. The maximum atomic E-state index is 11.5. The van der Waals surface area contributed by atoms with Gasteiger partial charge in [-0.1, -0.05) is 34.0 Å². The van der Waals surface area contributed by atoms with Crippen LogP contribution in [0.25, 0.3) is 0 Å². The fraction of sp³-hybridized carbons (Fsp3) is 0.333. The molecule has 0 aromatic heterocycles. The van der Waals surface area contributed by atoms with Crippen LogP contribution in [-0.2, 0) is 19.1 Å². The van der Waals surface area contributed by atoms with Crippen molar-refractivity contribution in [2.45, 2.75) is 6.04 Å². The molecule has 0 aliphatic heterocycles. The van der Waals surface area contributed by atoms with Crippen molar-refractivity contribution in [3.63, 3.8) is 0 Å². The topological polar surface area (TPSA) is 55.8 Å². The highest BCUT2D eigenvalue weighted by molar-refractivity contribution is 9.10. The molecular weight excluding hydrogens is 338 g/mol. The predicted octanol–water partition coefficient (Wildman–Crippen LogP) is 1.77. The molecule has 5 nitrogen and oxygen atoms in total. The van der Waals surface area contributed by atoms with Crippen molar-refractivity contribution in [2.24, 2.45) is 0 Å². The van der Waals surface area contributed by atoms with Gasteiger partial charge in [0.05, 0.1) is 33.4 Å². The second-order valence-electron chi connectivity index (χ2n) is 4.18. The minimum Gasteiger partial charge on any atom is -0.468 e.